The van der Waals surface area contributed by atoms with Gasteiger partial charge in [-0.05, 0) is 31.9 Å². The molecule has 1 aliphatic heterocycles. The highest BCUT2D eigenvalue weighted by Gasteiger charge is 2.30. The number of nitrogens with two attached hydrogens (primary N) is 1. The van der Waals surface area contributed by atoms with E-state index in [2.05, 4.69) is 5.32 Å². The van der Waals surface area contributed by atoms with E-state index < -0.39 is 18.0 Å². The fourth-order valence-corrected chi connectivity index (χ4v) is 2.37. The second-order valence-electron chi connectivity index (χ2n) is 5.54. The largest absolute Gasteiger partial charge is 0.452 e. The summed E-state index contributed by atoms with van der Waals surface area (Å²) in [4.78, 5) is 36.7. The highest BCUT2D eigenvalue weighted by atomic mass is 16.5. The van der Waals surface area contributed by atoms with Crippen molar-refractivity contribution in [2.75, 3.05) is 18.4 Å². The maximum Gasteiger partial charge on any atom is 0.321 e. The van der Waals surface area contributed by atoms with Crippen molar-refractivity contribution in [3.8, 4) is 0 Å². The maximum atomic E-state index is 12.1. The van der Waals surface area contributed by atoms with Gasteiger partial charge in [-0.25, -0.2) is 4.79 Å². The number of amides is 3. The molecule has 1 atom stereocenters. The average molecular weight is 319 g/mol. The predicted octanol–water partition coefficient (Wildman–Crippen LogP) is 1.35. The first-order chi connectivity index (χ1) is 11.0. The van der Waals surface area contributed by atoms with Crippen molar-refractivity contribution < 1.29 is 19.1 Å². The Morgan fingerprint density at radius 1 is 1.22 bits per heavy atom. The van der Waals surface area contributed by atoms with Crippen molar-refractivity contribution in [2.24, 2.45) is 11.7 Å². The van der Waals surface area contributed by atoms with Crippen LogP contribution in [0, 0.1) is 5.92 Å². The van der Waals surface area contributed by atoms with Crippen LogP contribution >= 0.6 is 0 Å². The summed E-state index contributed by atoms with van der Waals surface area (Å²) in [5.41, 5.74) is 5.80. The third-order valence-corrected chi connectivity index (χ3v) is 3.83. The number of para-hydroxylation sites is 1. The lowest BCUT2D eigenvalue weighted by atomic mass is 9.97. The number of piperidine rings is 1. The molecule has 3 amide bonds. The van der Waals surface area contributed by atoms with Crippen molar-refractivity contribution in [1.82, 2.24) is 4.90 Å². The summed E-state index contributed by atoms with van der Waals surface area (Å²) in [5, 5.41) is 2.81. The van der Waals surface area contributed by atoms with Gasteiger partial charge in [0, 0.05) is 18.8 Å². The van der Waals surface area contributed by atoms with Gasteiger partial charge in [0.25, 0.3) is 5.91 Å². The Bertz CT molecular complexity index is 568. The standard InChI is InChI=1S/C16H21N3O4/c1-11(14(17)20)23-15(21)12-7-9-19(10-8-12)16(22)18-13-5-3-2-4-6-13/h2-6,11-12H,7-10H2,1H3,(H2,17,20)(H,18,22)/t11-/m0/s1. The number of carbonyl (C=O) groups is 3. The Kier molecular flexibility index (Phi) is 5.56. The van der Waals surface area contributed by atoms with E-state index in [1.807, 2.05) is 30.3 Å². The molecule has 1 heterocycles. The van der Waals surface area contributed by atoms with Crippen LogP contribution in [0.1, 0.15) is 19.8 Å². The lowest BCUT2D eigenvalue weighted by Gasteiger charge is -2.31. The number of nitrogens with zero attached hydrogens (tertiary/aromatic N) is 1. The molecule has 7 heteroatoms. The number of urea groups is 1. The summed E-state index contributed by atoms with van der Waals surface area (Å²) >= 11 is 0. The van der Waals surface area contributed by atoms with Gasteiger partial charge in [-0.15, -0.1) is 0 Å². The molecule has 1 saturated heterocycles. The molecule has 1 fully saturated rings. The highest BCUT2D eigenvalue weighted by molar-refractivity contribution is 5.89. The van der Waals surface area contributed by atoms with Crippen molar-refractivity contribution in [3.63, 3.8) is 0 Å². The lowest BCUT2D eigenvalue weighted by Crippen LogP contribution is -2.43. The minimum absolute atomic E-state index is 0.187. The molecule has 7 nitrogen and oxygen atoms in total. The zero-order valence-corrected chi connectivity index (χ0v) is 13.0. The van der Waals surface area contributed by atoms with E-state index in [-0.39, 0.29) is 11.9 Å². The van der Waals surface area contributed by atoms with Gasteiger partial charge in [0.2, 0.25) is 0 Å². The van der Waals surface area contributed by atoms with Gasteiger partial charge >= 0.3 is 12.0 Å². The summed E-state index contributed by atoms with van der Waals surface area (Å²) < 4.78 is 5.01. The molecular weight excluding hydrogens is 298 g/mol. The van der Waals surface area contributed by atoms with Gasteiger partial charge in [-0.3, -0.25) is 9.59 Å². The molecule has 3 N–H and O–H groups in total. The highest BCUT2D eigenvalue weighted by Crippen LogP contribution is 2.20. The first-order valence-electron chi connectivity index (χ1n) is 7.58. The average Bonchev–Trinajstić information content (AvgIpc) is 2.55. The number of carbonyl (C=O) groups excluding carboxylic acids is 3. The van der Waals surface area contributed by atoms with Crippen LogP contribution in [0.2, 0.25) is 0 Å². The molecule has 2 rings (SSSR count). The molecule has 0 unspecified atom stereocenters. The summed E-state index contributed by atoms with van der Waals surface area (Å²) in [5.74, 6) is -1.41. The molecule has 1 aromatic rings. The number of nitrogens with one attached hydrogen (secondary N) is 1. The molecule has 0 bridgehead atoms. The molecule has 1 aliphatic rings. The molecule has 23 heavy (non-hydrogen) atoms. The quantitative estimate of drug-likeness (QED) is 0.818. The van der Waals surface area contributed by atoms with Crippen LogP contribution in [0.15, 0.2) is 30.3 Å². The smallest absolute Gasteiger partial charge is 0.321 e. The van der Waals surface area contributed by atoms with Crippen molar-refractivity contribution >= 4 is 23.6 Å². The topological polar surface area (TPSA) is 102 Å². The Morgan fingerprint density at radius 2 is 1.83 bits per heavy atom. The van der Waals surface area contributed by atoms with Crippen LogP contribution in [0.4, 0.5) is 10.5 Å². The molecule has 1 aromatic carbocycles. The first-order valence-corrected chi connectivity index (χ1v) is 7.58. The van der Waals surface area contributed by atoms with Gasteiger partial charge in [0.15, 0.2) is 6.10 Å². The monoisotopic (exact) mass is 319 g/mol. The number of primary amides is 1. The van der Waals surface area contributed by atoms with E-state index in [1.165, 1.54) is 6.92 Å². The minimum atomic E-state index is -0.929. The Labute approximate surface area is 134 Å². The fourth-order valence-electron chi connectivity index (χ4n) is 2.37. The van der Waals surface area contributed by atoms with Crippen LogP contribution in [0.5, 0.6) is 0 Å². The molecule has 0 aliphatic carbocycles. The Hall–Kier alpha value is -2.57. The molecule has 0 aromatic heterocycles. The van der Waals surface area contributed by atoms with Crippen molar-refractivity contribution in [1.29, 1.82) is 0 Å². The number of rotatable bonds is 4. The van der Waals surface area contributed by atoms with Gasteiger partial charge in [-0.1, -0.05) is 18.2 Å². The van der Waals surface area contributed by atoms with Crippen LogP contribution < -0.4 is 11.1 Å². The Balaban J connectivity index is 1.80. The van der Waals surface area contributed by atoms with Crippen LogP contribution in [-0.4, -0.2) is 42.0 Å². The molecule has 0 saturated carbocycles. The lowest BCUT2D eigenvalue weighted by molar-refractivity contribution is -0.159. The maximum absolute atomic E-state index is 12.1. The van der Waals surface area contributed by atoms with E-state index >= 15 is 0 Å². The zero-order valence-electron chi connectivity index (χ0n) is 13.0. The van der Waals surface area contributed by atoms with E-state index in [1.54, 1.807) is 4.90 Å². The normalized spacial score (nSPS) is 16.5. The molecular formula is C16H21N3O4. The summed E-state index contributed by atoms with van der Waals surface area (Å²) in [6, 6.07) is 9.00. The summed E-state index contributed by atoms with van der Waals surface area (Å²) in [6.45, 7) is 2.37. The third kappa shape index (κ3) is 4.70. The van der Waals surface area contributed by atoms with Crippen molar-refractivity contribution in [2.45, 2.75) is 25.9 Å². The minimum Gasteiger partial charge on any atom is -0.452 e. The zero-order chi connectivity index (χ0) is 16.8. The van der Waals surface area contributed by atoms with Gasteiger partial charge in [0.1, 0.15) is 0 Å². The van der Waals surface area contributed by atoms with E-state index in [4.69, 9.17) is 10.5 Å². The number of ether oxygens (including phenoxy) is 1. The van der Waals surface area contributed by atoms with Crippen LogP contribution in [0.25, 0.3) is 0 Å². The van der Waals surface area contributed by atoms with Crippen molar-refractivity contribution in [3.05, 3.63) is 30.3 Å². The van der Waals surface area contributed by atoms with Gasteiger partial charge in [-0.2, -0.15) is 0 Å². The van der Waals surface area contributed by atoms with Crippen LogP contribution in [0.3, 0.4) is 0 Å². The van der Waals surface area contributed by atoms with E-state index in [9.17, 15) is 14.4 Å². The number of benzene rings is 1. The van der Waals surface area contributed by atoms with Crippen LogP contribution in [-0.2, 0) is 14.3 Å². The Morgan fingerprint density at radius 3 is 2.39 bits per heavy atom. The van der Waals surface area contributed by atoms with Gasteiger partial charge < -0.3 is 20.7 Å². The number of likely N-dealkylation sites (tertiary alicyclic amines) is 1. The van der Waals surface area contributed by atoms with E-state index in [0.717, 1.165) is 5.69 Å². The molecule has 124 valence electrons. The summed E-state index contributed by atoms with van der Waals surface area (Å²) in [6.07, 6.45) is 0.0842. The number of anilines is 1. The molecule has 0 spiro atoms. The number of hydrogen-bond donors (Lipinski definition) is 2. The number of hydrogen-bond acceptors (Lipinski definition) is 4. The number of esters is 1. The fraction of sp³-hybridized carbons (Fsp3) is 0.438. The summed E-state index contributed by atoms with van der Waals surface area (Å²) in [7, 11) is 0. The SMILES string of the molecule is C[C@H](OC(=O)C1CCN(C(=O)Nc2ccccc2)CC1)C(N)=O. The first kappa shape index (κ1) is 16.8. The second kappa shape index (κ2) is 7.62. The van der Waals surface area contributed by atoms with Gasteiger partial charge in [0.05, 0.1) is 5.92 Å². The molecule has 0 radical (unpaired) electrons. The second-order valence-corrected chi connectivity index (χ2v) is 5.54. The predicted molar refractivity (Wildman–Crippen MR) is 84.5 cm³/mol. The van der Waals surface area contributed by atoms with E-state index in [0.29, 0.717) is 25.9 Å². The third-order valence-electron chi connectivity index (χ3n) is 3.83.